The zero-order valence-electron chi connectivity index (χ0n) is 13.1. The SMILES string of the molecule is O=C1CCCCCCN1CC(=O)N1CCSc2ccc(Cl)cc21. The fourth-order valence-electron chi connectivity index (χ4n) is 3.08. The Hall–Kier alpha value is -1.20. The summed E-state index contributed by atoms with van der Waals surface area (Å²) in [7, 11) is 0. The smallest absolute Gasteiger partial charge is 0.246 e. The van der Waals surface area contributed by atoms with Gasteiger partial charge in [0.05, 0.1) is 5.69 Å². The van der Waals surface area contributed by atoms with Crippen LogP contribution in [0.4, 0.5) is 5.69 Å². The first-order valence-corrected chi connectivity index (χ1v) is 9.52. The molecule has 1 aromatic carbocycles. The highest BCUT2D eigenvalue weighted by atomic mass is 35.5. The van der Waals surface area contributed by atoms with Crippen molar-refractivity contribution < 1.29 is 9.59 Å². The number of hydrogen-bond acceptors (Lipinski definition) is 3. The summed E-state index contributed by atoms with van der Waals surface area (Å²) in [6, 6.07) is 5.66. The summed E-state index contributed by atoms with van der Waals surface area (Å²) in [5.74, 6) is 0.965. The lowest BCUT2D eigenvalue weighted by atomic mass is 10.1. The third-order valence-corrected chi connectivity index (χ3v) is 5.61. The van der Waals surface area contributed by atoms with Crippen molar-refractivity contribution >= 4 is 40.9 Å². The Bertz CT molecular complexity index is 608. The number of fused-ring (bicyclic) bond motifs is 1. The second-order valence-corrected chi connectivity index (χ2v) is 7.56. The Morgan fingerprint density at radius 2 is 2.00 bits per heavy atom. The summed E-state index contributed by atoms with van der Waals surface area (Å²) in [4.78, 5) is 29.6. The zero-order chi connectivity index (χ0) is 16.2. The molecule has 0 radical (unpaired) electrons. The molecule has 2 aliphatic rings. The molecule has 0 aromatic heterocycles. The lowest BCUT2D eigenvalue weighted by molar-refractivity contribution is -0.135. The Labute approximate surface area is 146 Å². The summed E-state index contributed by atoms with van der Waals surface area (Å²) in [5, 5.41) is 0.631. The van der Waals surface area contributed by atoms with E-state index in [1.807, 2.05) is 18.2 Å². The van der Waals surface area contributed by atoms with Crippen LogP contribution in [0.1, 0.15) is 32.1 Å². The van der Waals surface area contributed by atoms with Crippen molar-refractivity contribution in [2.45, 2.75) is 37.0 Å². The van der Waals surface area contributed by atoms with E-state index in [-0.39, 0.29) is 18.4 Å². The molecule has 3 rings (SSSR count). The number of rotatable bonds is 2. The van der Waals surface area contributed by atoms with Crippen molar-refractivity contribution in [3.05, 3.63) is 23.2 Å². The quantitative estimate of drug-likeness (QED) is 0.817. The number of halogens is 1. The minimum absolute atomic E-state index is 0.0114. The van der Waals surface area contributed by atoms with Crippen molar-refractivity contribution in [2.75, 3.05) is 30.3 Å². The molecule has 1 saturated heterocycles. The fourth-order valence-corrected chi connectivity index (χ4v) is 4.22. The van der Waals surface area contributed by atoms with E-state index in [1.165, 1.54) is 0 Å². The molecule has 0 saturated carbocycles. The third kappa shape index (κ3) is 4.01. The Morgan fingerprint density at radius 3 is 2.87 bits per heavy atom. The van der Waals surface area contributed by atoms with E-state index in [4.69, 9.17) is 11.6 Å². The Balaban J connectivity index is 1.73. The van der Waals surface area contributed by atoms with Crippen LogP contribution in [-0.4, -0.2) is 42.1 Å². The number of thioether (sulfide) groups is 1. The minimum Gasteiger partial charge on any atom is -0.333 e. The van der Waals surface area contributed by atoms with E-state index in [0.29, 0.717) is 24.5 Å². The normalized spacial score (nSPS) is 19.1. The summed E-state index contributed by atoms with van der Waals surface area (Å²) in [6.45, 7) is 1.53. The van der Waals surface area contributed by atoms with Gasteiger partial charge in [0.2, 0.25) is 11.8 Å². The first kappa shape index (κ1) is 16.7. The molecule has 0 unspecified atom stereocenters. The summed E-state index contributed by atoms with van der Waals surface area (Å²) >= 11 is 7.83. The molecule has 2 amide bonds. The van der Waals surface area contributed by atoms with Gasteiger partial charge in [0, 0.05) is 35.2 Å². The molecule has 2 aliphatic heterocycles. The molecule has 6 heteroatoms. The first-order chi connectivity index (χ1) is 11.1. The van der Waals surface area contributed by atoms with Crippen LogP contribution in [0.5, 0.6) is 0 Å². The average molecular weight is 353 g/mol. The van der Waals surface area contributed by atoms with Crippen LogP contribution in [0, 0.1) is 0 Å². The highest BCUT2D eigenvalue weighted by Gasteiger charge is 2.26. The first-order valence-electron chi connectivity index (χ1n) is 8.15. The third-order valence-electron chi connectivity index (χ3n) is 4.33. The van der Waals surface area contributed by atoms with Gasteiger partial charge in [-0.15, -0.1) is 11.8 Å². The number of nitrogens with zero attached hydrogens (tertiary/aromatic N) is 2. The number of benzene rings is 1. The van der Waals surface area contributed by atoms with Crippen LogP contribution in [0.2, 0.25) is 5.02 Å². The van der Waals surface area contributed by atoms with Gasteiger partial charge >= 0.3 is 0 Å². The lowest BCUT2D eigenvalue weighted by Crippen LogP contribution is -2.45. The number of amides is 2. The van der Waals surface area contributed by atoms with Gasteiger partial charge < -0.3 is 9.80 Å². The highest BCUT2D eigenvalue weighted by Crippen LogP contribution is 2.36. The number of carbonyl (C=O) groups is 2. The van der Waals surface area contributed by atoms with Gasteiger partial charge in [0.25, 0.3) is 0 Å². The molecule has 0 spiro atoms. The monoisotopic (exact) mass is 352 g/mol. The average Bonchev–Trinajstić information content (AvgIpc) is 2.54. The van der Waals surface area contributed by atoms with Crippen molar-refractivity contribution in [3.8, 4) is 0 Å². The Morgan fingerprint density at radius 1 is 1.17 bits per heavy atom. The second kappa shape index (κ2) is 7.58. The van der Waals surface area contributed by atoms with E-state index in [0.717, 1.165) is 42.0 Å². The maximum absolute atomic E-state index is 12.8. The molecule has 0 bridgehead atoms. The van der Waals surface area contributed by atoms with Gasteiger partial charge in [-0.25, -0.2) is 0 Å². The highest BCUT2D eigenvalue weighted by molar-refractivity contribution is 7.99. The summed E-state index contributed by atoms with van der Waals surface area (Å²) in [6.07, 6.45) is 4.73. The van der Waals surface area contributed by atoms with Gasteiger partial charge in [-0.05, 0) is 31.0 Å². The van der Waals surface area contributed by atoms with Gasteiger partial charge in [0.15, 0.2) is 0 Å². The fraction of sp³-hybridized carbons (Fsp3) is 0.529. The van der Waals surface area contributed by atoms with Crippen LogP contribution in [0.15, 0.2) is 23.1 Å². The summed E-state index contributed by atoms with van der Waals surface area (Å²) in [5.41, 5.74) is 0.873. The summed E-state index contributed by atoms with van der Waals surface area (Å²) < 4.78 is 0. The molecular formula is C17H21ClN2O2S. The van der Waals surface area contributed by atoms with Crippen molar-refractivity contribution in [3.63, 3.8) is 0 Å². The van der Waals surface area contributed by atoms with Crippen LogP contribution < -0.4 is 4.90 Å². The maximum Gasteiger partial charge on any atom is 0.246 e. The Kier molecular flexibility index (Phi) is 5.49. The molecule has 1 aromatic rings. The molecule has 0 aliphatic carbocycles. The minimum atomic E-state index is -0.0114. The van der Waals surface area contributed by atoms with Crippen LogP contribution in [0.25, 0.3) is 0 Å². The van der Waals surface area contributed by atoms with E-state index in [1.54, 1.807) is 21.6 Å². The van der Waals surface area contributed by atoms with E-state index in [9.17, 15) is 9.59 Å². The standard InChI is InChI=1S/C17H21ClN2O2S/c18-13-6-7-15-14(11-13)20(9-10-23-15)17(22)12-19-8-4-2-1-3-5-16(19)21/h6-7,11H,1-5,8-10,12H2. The van der Waals surface area contributed by atoms with E-state index in [2.05, 4.69) is 0 Å². The van der Waals surface area contributed by atoms with Crippen LogP contribution in [-0.2, 0) is 9.59 Å². The second-order valence-electron chi connectivity index (χ2n) is 5.99. The number of carbonyl (C=O) groups excluding carboxylic acids is 2. The number of likely N-dealkylation sites (tertiary alicyclic amines) is 1. The van der Waals surface area contributed by atoms with Crippen molar-refractivity contribution in [1.29, 1.82) is 0 Å². The van der Waals surface area contributed by atoms with Crippen LogP contribution in [0.3, 0.4) is 0 Å². The molecule has 124 valence electrons. The van der Waals surface area contributed by atoms with E-state index >= 15 is 0 Å². The van der Waals surface area contributed by atoms with Crippen LogP contribution >= 0.6 is 23.4 Å². The predicted octanol–water partition coefficient (Wildman–Crippen LogP) is 3.57. The molecule has 4 nitrogen and oxygen atoms in total. The molecule has 2 heterocycles. The van der Waals surface area contributed by atoms with Crippen molar-refractivity contribution in [2.24, 2.45) is 0 Å². The molecular weight excluding hydrogens is 332 g/mol. The van der Waals surface area contributed by atoms with Gasteiger partial charge in [0.1, 0.15) is 6.54 Å². The van der Waals surface area contributed by atoms with Gasteiger partial charge in [-0.3, -0.25) is 9.59 Å². The zero-order valence-corrected chi connectivity index (χ0v) is 14.7. The molecule has 1 fully saturated rings. The number of anilines is 1. The van der Waals surface area contributed by atoms with Gasteiger partial charge in [-0.1, -0.05) is 24.4 Å². The number of hydrogen-bond donors (Lipinski definition) is 0. The predicted molar refractivity (Wildman–Crippen MR) is 94.2 cm³/mol. The largest absolute Gasteiger partial charge is 0.333 e. The lowest BCUT2D eigenvalue weighted by Gasteiger charge is -2.32. The molecule has 23 heavy (non-hydrogen) atoms. The molecule has 0 atom stereocenters. The topological polar surface area (TPSA) is 40.6 Å². The maximum atomic E-state index is 12.8. The van der Waals surface area contributed by atoms with Crippen molar-refractivity contribution in [1.82, 2.24) is 4.90 Å². The molecule has 0 N–H and O–H groups in total. The van der Waals surface area contributed by atoms with E-state index < -0.39 is 0 Å². The van der Waals surface area contributed by atoms with Gasteiger partial charge in [-0.2, -0.15) is 0 Å².